The van der Waals surface area contributed by atoms with Crippen molar-refractivity contribution in [2.75, 3.05) is 6.54 Å². The second-order valence-corrected chi connectivity index (χ2v) is 10.7. The Bertz CT molecular complexity index is 1350. The fourth-order valence-corrected chi connectivity index (χ4v) is 4.30. The maximum Gasteiger partial charge on any atom is 0.290 e. The summed E-state index contributed by atoms with van der Waals surface area (Å²) in [7, 11) is 0. The number of aromatic amines is 1. The first-order chi connectivity index (χ1) is 19.8. The molecule has 42 heavy (non-hydrogen) atoms. The number of amides is 1. The lowest BCUT2D eigenvalue weighted by molar-refractivity contribution is -0.131. The molecule has 1 unspecified atom stereocenters. The lowest BCUT2D eigenvalue weighted by atomic mass is 9.89. The summed E-state index contributed by atoms with van der Waals surface area (Å²) in [6.45, 7) is 16.3. The number of hydrogen-bond donors (Lipinski definition) is 1. The van der Waals surface area contributed by atoms with Gasteiger partial charge in [-0.15, -0.1) is 0 Å². The quantitative estimate of drug-likeness (QED) is 0.225. The van der Waals surface area contributed by atoms with Crippen molar-refractivity contribution in [3.05, 3.63) is 82.8 Å². The van der Waals surface area contributed by atoms with E-state index in [2.05, 4.69) is 29.5 Å². The number of nitriles is 1. The number of aromatic nitrogens is 2. The third kappa shape index (κ3) is 8.51. The van der Waals surface area contributed by atoms with Crippen molar-refractivity contribution in [1.82, 2.24) is 14.9 Å². The molecule has 0 radical (unpaired) electrons. The average Bonchev–Trinajstić information content (AvgIpc) is 3.45. The van der Waals surface area contributed by atoms with Gasteiger partial charge >= 0.3 is 0 Å². The van der Waals surface area contributed by atoms with Crippen molar-refractivity contribution in [2.45, 2.75) is 86.6 Å². The minimum atomic E-state index is -2.85. The van der Waals surface area contributed by atoms with Crippen molar-refractivity contribution in [3.63, 3.8) is 0 Å². The van der Waals surface area contributed by atoms with Gasteiger partial charge in [0.25, 0.3) is 12.3 Å². The number of H-pyrrole nitrogens is 1. The highest BCUT2D eigenvalue weighted by Gasteiger charge is 2.34. The van der Waals surface area contributed by atoms with E-state index in [1.54, 1.807) is 33.2 Å². The molecule has 1 aromatic heterocycles. The summed E-state index contributed by atoms with van der Waals surface area (Å²) in [5.41, 5.74) is 1.77. The molecule has 228 valence electrons. The van der Waals surface area contributed by atoms with E-state index in [0.29, 0.717) is 31.1 Å². The predicted octanol–water partition coefficient (Wildman–Crippen LogP) is 7.95. The van der Waals surface area contributed by atoms with E-state index in [4.69, 9.17) is 9.47 Å². The topological polar surface area (TPSA) is 91.2 Å². The molecular weight excluding hydrogens is 545 g/mol. The van der Waals surface area contributed by atoms with Crippen LogP contribution in [0.5, 0.6) is 5.75 Å². The Labute approximate surface area is 246 Å². The number of carbonyl (C=O) groups excluding carboxylic acids is 1. The number of imidazole rings is 1. The molecule has 1 aliphatic heterocycles. The van der Waals surface area contributed by atoms with E-state index in [1.165, 1.54) is 30.2 Å². The predicted molar refractivity (Wildman–Crippen MR) is 156 cm³/mol. The number of fused-ring (bicyclic) bond motifs is 1. The number of ether oxygens (including phenoxy) is 2. The van der Waals surface area contributed by atoms with Crippen molar-refractivity contribution in [2.24, 2.45) is 5.41 Å². The molecular formula is C32H41F3N4O3. The van der Waals surface area contributed by atoms with Gasteiger partial charge in [-0.2, -0.15) is 5.26 Å². The highest BCUT2D eigenvalue weighted by Crippen LogP contribution is 2.34. The lowest BCUT2D eigenvalue weighted by Gasteiger charge is -2.30. The van der Waals surface area contributed by atoms with Crippen molar-refractivity contribution < 1.29 is 27.4 Å². The Hall–Kier alpha value is -4.00. The van der Waals surface area contributed by atoms with Crippen molar-refractivity contribution in [1.29, 1.82) is 5.26 Å². The van der Waals surface area contributed by atoms with Crippen LogP contribution in [0.4, 0.5) is 13.2 Å². The van der Waals surface area contributed by atoms with Crippen LogP contribution in [0.25, 0.3) is 0 Å². The Morgan fingerprint density at radius 2 is 2.00 bits per heavy atom. The van der Waals surface area contributed by atoms with Crippen LogP contribution in [0.2, 0.25) is 0 Å². The highest BCUT2D eigenvalue weighted by atomic mass is 19.3. The number of allylic oxidation sites excluding steroid dienone is 3. The second-order valence-electron chi connectivity index (χ2n) is 10.7. The van der Waals surface area contributed by atoms with E-state index in [9.17, 15) is 23.2 Å². The van der Waals surface area contributed by atoms with Gasteiger partial charge in [0.2, 0.25) is 0 Å². The van der Waals surface area contributed by atoms with Crippen molar-refractivity contribution in [3.8, 4) is 11.8 Å². The molecule has 2 aromatic rings. The maximum atomic E-state index is 13.5. The van der Waals surface area contributed by atoms with Crippen LogP contribution in [0.3, 0.4) is 0 Å². The van der Waals surface area contributed by atoms with Gasteiger partial charge in [-0.05, 0) is 70.2 Å². The Kier molecular flexibility index (Phi) is 12.5. The molecule has 1 atom stereocenters. The van der Waals surface area contributed by atoms with Gasteiger partial charge in [0, 0.05) is 24.1 Å². The molecule has 1 amide bonds. The molecule has 7 nitrogen and oxygen atoms in total. The molecule has 1 aromatic carbocycles. The van der Waals surface area contributed by atoms with E-state index in [0.717, 1.165) is 28.9 Å². The van der Waals surface area contributed by atoms with Gasteiger partial charge in [0.15, 0.2) is 5.76 Å². The second kappa shape index (κ2) is 15.3. The van der Waals surface area contributed by atoms with Gasteiger partial charge in [0.05, 0.1) is 36.6 Å². The highest BCUT2D eigenvalue weighted by molar-refractivity contribution is 5.92. The van der Waals surface area contributed by atoms with Crippen LogP contribution in [-0.4, -0.2) is 33.7 Å². The zero-order valence-corrected chi connectivity index (χ0v) is 25.5. The number of benzene rings is 1. The van der Waals surface area contributed by atoms with Gasteiger partial charge in [-0.1, -0.05) is 27.4 Å². The fourth-order valence-electron chi connectivity index (χ4n) is 4.30. The van der Waals surface area contributed by atoms with E-state index < -0.39 is 29.1 Å². The van der Waals surface area contributed by atoms with Crippen LogP contribution in [-0.2, 0) is 22.5 Å². The number of hydrogen-bond acceptors (Lipinski definition) is 5. The number of nitrogens with one attached hydrogen (secondary N) is 1. The Balaban J connectivity index is 0.000000369. The monoisotopic (exact) mass is 586 g/mol. The van der Waals surface area contributed by atoms with Gasteiger partial charge < -0.3 is 19.4 Å². The molecule has 1 N–H and O–H groups in total. The molecule has 0 fully saturated rings. The summed E-state index contributed by atoms with van der Waals surface area (Å²) in [6.07, 6.45) is 2.12. The molecule has 2 heterocycles. The SMILES string of the molecule is C=COc1ccc(F)cc1C(C)CC.CC/C(C)=C(\O/C(C(=O)N1CCc2nc[nH]c2C1)=C(\C)C(F)F)C(C)(C)C#N. The third-order valence-corrected chi connectivity index (χ3v) is 7.24. The minimum absolute atomic E-state index is 0.225. The molecule has 0 aliphatic carbocycles. The zero-order valence-electron chi connectivity index (χ0n) is 25.5. The molecule has 10 heteroatoms. The van der Waals surface area contributed by atoms with Crippen LogP contribution in [0.1, 0.15) is 84.2 Å². The standard InChI is InChI=1S/C20H26F2N4O2.C12H15FO/c1-6-12(2)17(20(4,5)10-23)28-16(13(3)18(21)22)19(27)26-8-7-14-15(9-26)25-11-24-14;1-4-9(3)11-8-10(13)6-7-12(11)14-5-2/h11,18H,6-9H2,1-5H3,(H,24,25);5-9H,2,4H2,1,3H3/b16-13+,17-12-;. The first-order valence-corrected chi connectivity index (χ1v) is 14.0. The Morgan fingerprint density at radius 3 is 2.57 bits per heavy atom. The summed E-state index contributed by atoms with van der Waals surface area (Å²) in [5, 5.41) is 9.51. The maximum absolute atomic E-state index is 13.5. The summed E-state index contributed by atoms with van der Waals surface area (Å²) in [4.78, 5) is 21.7. The van der Waals surface area contributed by atoms with Crippen LogP contribution in [0.15, 0.2) is 60.0 Å². The van der Waals surface area contributed by atoms with E-state index in [1.807, 2.05) is 13.8 Å². The summed E-state index contributed by atoms with van der Waals surface area (Å²) >= 11 is 0. The molecule has 3 rings (SSSR count). The molecule has 0 saturated heterocycles. The van der Waals surface area contributed by atoms with Crippen molar-refractivity contribution >= 4 is 5.91 Å². The number of rotatable bonds is 10. The number of halogens is 3. The zero-order chi connectivity index (χ0) is 31.6. The van der Waals surface area contributed by atoms with Crippen LogP contribution >= 0.6 is 0 Å². The summed E-state index contributed by atoms with van der Waals surface area (Å²) in [6, 6.07) is 6.68. The first kappa shape index (κ1) is 34.2. The third-order valence-electron chi connectivity index (χ3n) is 7.24. The largest absolute Gasteiger partial charge is 0.465 e. The number of alkyl halides is 2. The number of nitrogens with zero attached hydrogens (tertiary/aromatic N) is 3. The fraction of sp³-hybridized carbons (Fsp3) is 0.469. The molecule has 0 bridgehead atoms. The normalized spacial score (nSPS) is 14.9. The summed E-state index contributed by atoms with van der Waals surface area (Å²) in [5.74, 6) is -0.0366. The number of carbonyl (C=O) groups is 1. The first-order valence-electron chi connectivity index (χ1n) is 14.0. The van der Waals surface area contributed by atoms with Crippen LogP contribution < -0.4 is 4.74 Å². The Morgan fingerprint density at radius 1 is 1.31 bits per heavy atom. The lowest BCUT2D eigenvalue weighted by Crippen LogP contribution is -2.38. The van der Waals surface area contributed by atoms with Gasteiger partial charge in [-0.3, -0.25) is 4.79 Å². The average molecular weight is 587 g/mol. The molecule has 0 saturated carbocycles. The van der Waals surface area contributed by atoms with Crippen LogP contribution in [0, 0.1) is 22.6 Å². The molecule has 0 spiro atoms. The van der Waals surface area contributed by atoms with E-state index >= 15 is 0 Å². The van der Waals surface area contributed by atoms with E-state index in [-0.39, 0.29) is 18.1 Å². The van der Waals surface area contributed by atoms with Gasteiger partial charge in [0.1, 0.15) is 22.7 Å². The summed E-state index contributed by atoms with van der Waals surface area (Å²) < 4.78 is 51.0. The minimum Gasteiger partial charge on any atom is -0.465 e. The smallest absolute Gasteiger partial charge is 0.290 e. The molecule has 1 aliphatic rings. The van der Waals surface area contributed by atoms with Gasteiger partial charge in [-0.25, -0.2) is 18.2 Å².